The first kappa shape index (κ1) is 14.7. The van der Waals surface area contributed by atoms with E-state index in [4.69, 9.17) is 0 Å². The zero-order chi connectivity index (χ0) is 15.4. The van der Waals surface area contributed by atoms with E-state index < -0.39 is 0 Å². The van der Waals surface area contributed by atoms with Crippen LogP contribution in [0.3, 0.4) is 0 Å². The molecule has 0 radical (unpaired) electrons. The lowest BCUT2D eigenvalue weighted by Crippen LogP contribution is -2.01. The van der Waals surface area contributed by atoms with Crippen molar-refractivity contribution in [2.24, 2.45) is 0 Å². The Morgan fingerprint density at radius 3 is 2.68 bits per heavy atom. The molecule has 0 aliphatic rings. The van der Waals surface area contributed by atoms with Gasteiger partial charge in [0.1, 0.15) is 5.82 Å². The second kappa shape index (κ2) is 6.66. The number of pyridine rings is 3. The van der Waals surface area contributed by atoms with E-state index in [0.29, 0.717) is 0 Å². The predicted octanol–water partition coefficient (Wildman–Crippen LogP) is 4.40. The minimum absolute atomic E-state index is 0.814. The van der Waals surface area contributed by atoms with Crippen molar-refractivity contribution in [2.45, 2.75) is 6.92 Å². The van der Waals surface area contributed by atoms with E-state index in [-0.39, 0.29) is 0 Å². The van der Waals surface area contributed by atoms with Gasteiger partial charge < -0.3 is 5.32 Å². The highest BCUT2D eigenvalue weighted by Gasteiger charge is 2.08. The number of hydrogen-bond donors (Lipinski definition) is 1. The zero-order valence-corrected chi connectivity index (χ0v) is 13.7. The van der Waals surface area contributed by atoms with Gasteiger partial charge in [0.2, 0.25) is 0 Å². The number of anilines is 1. The van der Waals surface area contributed by atoms with Crippen molar-refractivity contribution in [3.63, 3.8) is 0 Å². The molecule has 0 saturated carbocycles. The first-order valence-corrected chi connectivity index (χ1v) is 7.84. The molecule has 3 aromatic rings. The third-order valence-electron chi connectivity index (χ3n) is 3.15. The van der Waals surface area contributed by atoms with Crippen molar-refractivity contribution in [1.82, 2.24) is 15.0 Å². The quantitative estimate of drug-likeness (QED) is 0.754. The number of rotatable bonds is 4. The fourth-order valence-electron chi connectivity index (χ4n) is 2.18. The average Bonchev–Trinajstić information content (AvgIpc) is 2.56. The molecule has 3 heterocycles. The van der Waals surface area contributed by atoms with Crippen molar-refractivity contribution in [3.05, 3.63) is 59.5 Å². The normalized spacial score (nSPS) is 10.5. The first-order chi connectivity index (χ1) is 10.8. The van der Waals surface area contributed by atoms with Gasteiger partial charge in [0.15, 0.2) is 0 Å². The van der Waals surface area contributed by atoms with Crippen LogP contribution < -0.4 is 5.32 Å². The molecule has 0 aromatic carbocycles. The van der Waals surface area contributed by atoms with Gasteiger partial charge in [-0.2, -0.15) is 0 Å². The van der Waals surface area contributed by atoms with Crippen molar-refractivity contribution >= 4 is 21.7 Å². The Hall–Kier alpha value is -2.27. The molecule has 0 fully saturated rings. The molecule has 22 heavy (non-hydrogen) atoms. The van der Waals surface area contributed by atoms with Gasteiger partial charge in [-0.25, -0.2) is 4.98 Å². The molecule has 5 heteroatoms. The van der Waals surface area contributed by atoms with Crippen LogP contribution in [-0.4, -0.2) is 21.5 Å². The molecule has 0 atom stereocenters. The number of aromatic nitrogens is 3. The number of hydrogen-bond acceptors (Lipinski definition) is 4. The van der Waals surface area contributed by atoms with Crippen LogP contribution in [0.15, 0.2) is 59.5 Å². The summed E-state index contributed by atoms with van der Waals surface area (Å²) >= 11 is 3.47. The van der Waals surface area contributed by atoms with E-state index >= 15 is 0 Å². The Bertz CT molecular complexity index is 775. The second-order valence-electron chi connectivity index (χ2n) is 4.76. The molecule has 3 aromatic heterocycles. The highest BCUT2D eigenvalue weighted by molar-refractivity contribution is 9.10. The highest BCUT2D eigenvalue weighted by Crippen LogP contribution is 2.27. The van der Waals surface area contributed by atoms with Gasteiger partial charge in [-0.15, -0.1) is 0 Å². The molecule has 110 valence electrons. The van der Waals surface area contributed by atoms with Gasteiger partial charge in [-0.3, -0.25) is 9.97 Å². The maximum Gasteiger partial charge on any atom is 0.127 e. The molecule has 1 N–H and O–H groups in total. The second-order valence-corrected chi connectivity index (χ2v) is 5.68. The summed E-state index contributed by atoms with van der Waals surface area (Å²) in [4.78, 5) is 13.3. The van der Waals surface area contributed by atoms with Crippen LogP contribution in [0.25, 0.3) is 22.5 Å². The van der Waals surface area contributed by atoms with Crippen LogP contribution >= 0.6 is 15.9 Å². The maximum atomic E-state index is 4.64. The van der Waals surface area contributed by atoms with Gasteiger partial charge in [-0.1, -0.05) is 6.07 Å². The first-order valence-electron chi connectivity index (χ1n) is 7.04. The fourth-order valence-corrected chi connectivity index (χ4v) is 2.55. The molecule has 0 bridgehead atoms. The molecular weight excluding hydrogens is 340 g/mol. The average molecular weight is 355 g/mol. The van der Waals surface area contributed by atoms with Gasteiger partial charge >= 0.3 is 0 Å². The molecule has 0 aliphatic carbocycles. The number of halogens is 1. The third kappa shape index (κ3) is 3.31. The summed E-state index contributed by atoms with van der Waals surface area (Å²) in [7, 11) is 0. The van der Waals surface area contributed by atoms with Crippen LogP contribution in [0.2, 0.25) is 0 Å². The molecule has 0 amide bonds. The summed E-state index contributed by atoms with van der Waals surface area (Å²) in [5.41, 5.74) is 3.79. The molecule has 0 spiro atoms. The standard InChI is InChI=1S/C17H15BrN4/c1-2-20-17-9-12(13-7-14(18)11-19-10-13)8-16(22-17)15-5-3-4-6-21-15/h3-11H,2H2,1H3,(H,20,22). The lowest BCUT2D eigenvalue weighted by molar-refractivity contribution is 1.15. The SMILES string of the molecule is CCNc1cc(-c2cncc(Br)c2)cc(-c2ccccn2)n1. The lowest BCUT2D eigenvalue weighted by Gasteiger charge is -2.10. The Morgan fingerprint density at radius 2 is 1.95 bits per heavy atom. The minimum atomic E-state index is 0.814. The predicted molar refractivity (Wildman–Crippen MR) is 92.6 cm³/mol. The minimum Gasteiger partial charge on any atom is -0.370 e. The molecule has 3 rings (SSSR count). The van der Waals surface area contributed by atoms with Crippen molar-refractivity contribution < 1.29 is 0 Å². The number of nitrogens with one attached hydrogen (secondary N) is 1. The molecule has 0 unspecified atom stereocenters. The highest BCUT2D eigenvalue weighted by atomic mass is 79.9. The zero-order valence-electron chi connectivity index (χ0n) is 12.1. The van der Waals surface area contributed by atoms with Crippen molar-refractivity contribution in [1.29, 1.82) is 0 Å². The van der Waals surface area contributed by atoms with Crippen LogP contribution in [0, 0.1) is 0 Å². The molecule has 0 aliphatic heterocycles. The summed E-state index contributed by atoms with van der Waals surface area (Å²) in [6.07, 6.45) is 5.39. The summed E-state index contributed by atoms with van der Waals surface area (Å²) < 4.78 is 0.950. The van der Waals surface area contributed by atoms with Gasteiger partial charge in [0.05, 0.1) is 11.4 Å². The summed E-state index contributed by atoms with van der Waals surface area (Å²) in [5, 5.41) is 3.27. The van der Waals surface area contributed by atoms with E-state index in [0.717, 1.165) is 39.4 Å². The Balaban J connectivity index is 2.12. The Labute approximate surface area is 137 Å². The van der Waals surface area contributed by atoms with Gasteiger partial charge in [-0.05, 0) is 58.7 Å². The fraction of sp³-hybridized carbons (Fsp3) is 0.118. The molecule has 0 saturated heterocycles. The van der Waals surface area contributed by atoms with Crippen LogP contribution in [0.4, 0.5) is 5.82 Å². The summed E-state index contributed by atoms with van der Waals surface area (Å²) in [6.45, 7) is 2.87. The topological polar surface area (TPSA) is 50.7 Å². The monoisotopic (exact) mass is 354 g/mol. The van der Waals surface area contributed by atoms with Crippen LogP contribution in [-0.2, 0) is 0 Å². The molecular formula is C17H15BrN4. The van der Waals surface area contributed by atoms with E-state index in [2.05, 4.69) is 43.1 Å². The van der Waals surface area contributed by atoms with E-state index in [1.54, 1.807) is 12.4 Å². The van der Waals surface area contributed by atoms with E-state index in [1.807, 2.05) is 42.6 Å². The van der Waals surface area contributed by atoms with E-state index in [9.17, 15) is 0 Å². The van der Waals surface area contributed by atoms with Crippen LogP contribution in [0.5, 0.6) is 0 Å². The van der Waals surface area contributed by atoms with Gasteiger partial charge in [0, 0.05) is 35.2 Å². The van der Waals surface area contributed by atoms with Crippen molar-refractivity contribution in [2.75, 3.05) is 11.9 Å². The summed E-state index contributed by atoms with van der Waals surface area (Å²) in [6, 6.07) is 11.9. The number of nitrogens with zero attached hydrogens (tertiary/aromatic N) is 3. The Morgan fingerprint density at radius 1 is 1.05 bits per heavy atom. The largest absolute Gasteiger partial charge is 0.370 e. The molecule has 4 nitrogen and oxygen atoms in total. The summed E-state index contributed by atoms with van der Waals surface area (Å²) in [5.74, 6) is 0.834. The van der Waals surface area contributed by atoms with Gasteiger partial charge in [0.25, 0.3) is 0 Å². The van der Waals surface area contributed by atoms with Crippen LogP contribution in [0.1, 0.15) is 6.92 Å². The van der Waals surface area contributed by atoms with E-state index in [1.165, 1.54) is 0 Å². The van der Waals surface area contributed by atoms with Crippen molar-refractivity contribution in [3.8, 4) is 22.5 Å². The maximum absolute atomic E-state index is 4.64. The third-order valence-corrected chi connectivity index (χ3v) is 3.58. The lowest BCUT2D eigenvalue weighted by atomic mass is 10.1. The Kier molecular flexibility index (Phi) is 4.44. The smallest absolute Gasteiger partial charge is 0.127 e.